The van der Waals surface area contributed by atoms with Gasteiger partial charge in [-0.25, -0.2) is 13.8 Å². The molecule has 7 nitrogen and oxygen atoms in total. The van der Waals surface area contributed by atoms with E-state index in [0.717, 1.165) is 19.9 Å². The van der Waals surface area contributed by atoms with Crippen LogP contribution in [0.3, 0.4) is 0 Å². The van der Waals surface area contributed by atoms with Crippen LogP contribution in [0.15, 0.2) is 81.2 Å². The third-order valence-electron chi connectivity index (χ3n) is 4.96. The van der Waals surface area contributed by atoms with E-state index < -0.39 is 22.5 Å². The fraction of sp³-hybridized carbons (Fsp3) is 0.167. The molecule has 3 rings (SSSR count). The summed E-state index contributed by atoms with van der Waals surface area (Å²) < 4.78 is 33.9. The Hall–Kier alpha value is -2.72. The van der Waals surface area contributed by atoms with Crippen molar-refractivity contribution in [2.75, 3.05) is 13.7 Å². The number of ether oxygens (including phenoxy) is 1. The van der Waals surface area contributed by atoms with E-state index in [9.17, 15) is 13.2 Å². The molecule has 0 radical (unpaired) electrons. The fourth-order valence-electron chi connectivity index (χ4n) is 3.13. The third-order valence-corrected chi connectivity index (χ3v) is 7.52. The summed E-state index contributed by atoms with van der Waals surface area (Å²) in [5.41, 5.74) is 4.74. The van der Waals surface area contributed by atoms with E-state index in [4.69, 9.17) is 16.3 Å². The zero-order chi connectivity index (χ0) is 24.7. The van der Waals surface area contributed by atoms with Gasteiger partial charge in [0, 0.05) is 21.6 Å². The second kappa shape index (κ2) is 11.6. The van der Waals surface area contributed by atoms with Crippen LogP contribution in [0.2, 0.25) is 5.02 Å². The van der Waals surface area contributed by atoms with Crippen molar-refractivity contribution in [2.24, 2.45) is 5.10 Å². The number of nitrogens with one attached hydrogen (secondary N) is 1. The Morgan fingerprint density at radius 1 is 1.15 bits per heavy atom. The lowest BCUT2D eigenvalue weighted by molar-refractivity contribution is -0.121. The number of amides is 1. The number of benzene rings is 3. The van der Waals surface area contributed by atoms with Crippen LogP contribution in [0.5, 0.6) is 5.75 Å². The number of nitrogens with zero attached hydrogens (tertiary/aromatic N) is 2. The minimum atomic E-state index is -3.99. The summed E-state index contributed by atoms with van der Waals surface area (Å²) in [6.45, 7) is 1.48. The molecule has 1 amide bonds. The molecule has 34 heavy (non-hydrogen) atoms. The van der Waals surface area contributed by atoms with Crippen LogP contribution in [-0.4, -0.2) is 38.5 Å². The Balaban J connectivity index is 1.82. The van der Waals surface area contributed by atoms with Gasteiger partial charge in [0.1, 0.15) is 5.75 Å². The zero-order valence-corrected chi connectivity index (χ0v) is 21.7. The van der Waals surface area contributed by atoms with Crippen LogP contribution in [0.1, 0.15) is 16.7 Å². The van der Waals surface area contributed by atoms with Crippen molar-refractivity contribution in [3.05, 3.63) is 92.9 Å². The van der Waals surface area contributed by atoms with Gasteiger partial charge < -0.3 is 4.74 Å². The molecule has 0 fully saturated rings. The lowest BCUT2D eigenvalue weighted by Crippen LogP contribution is -2.39. The van der Waals surface area contributed by atoms with Gasteiger partial charge >= 0.3 is 0 Å². The molecular formula is C24H23BrClN3O4S. The van der Waals surface area contributed by atoms with Gasteiger partial charge in [-0.3, -0.25) is 4.79 Å². The lowest BCUT2D eigenvalue weighted by Gasteiger charge is -2.22. The van der Waals surface area contributed by atoms with Gasteiger partial charge in [-0.05, 0) is 60.5 Å². The first-order valence-electron chi connectivity index (χ1n) is 10.2. The van der Waals surface area contributed by atoms with Crippen LogP contribution in [0.4, 0.5) is 0 Å². The Morgan fingerprint density at radius 3 is 2.53 bits per heavy atom. The molecule has 0 spiro atoms. The van der Waals surface area contributed by atoms with Gasteiger partial charge in [-0.1, -0.05) is 51.8 Å². The first kappa shape index (κ1) is 25.9. The van der Waals surface area contributed by atoms with Gasteiger partial charge in [0.05, 0.1) is 24.8 Å². The number of rotatable bonds is 9. The first-order chi connectivity index (χ1) is 16.2. The van der Waals surface area contributed by atoms with E-state index in [1.54, 1.807) is 12.1 Å². The van der Waals surface area contributed by atoms with E-state index in [2.05, 4.69) is 26.5 Å². The summed E-state index contributed by atoms with van der Waals surface area (Å²) in [6, 6.07) is 18.6. The molecule has 0 saturated heterocycles. The second-order valence-electron chi connectivity index (χ2n) is 7.33. The minimum Gasteiger partial charge on any atom is -0.496 e. The topological polar surface area (TPSA) is 88.1 Å². The highest BCUT2D eigenvalue weighted by atomic mass is 79.9. The highest BCUT2D eigenvalue weighted by Gasteiger charge is 2.27. The molecule has 0 saturated carbocycles. The molecule has 0 aromatic heterocycles. The Kier molecular flexibility index (Phi) is 8.84. The van der Waals surface area contributed by atoms with Gasteiger partial charge in [-0.2, -0.15) is 9.41 Å². The number of methoxy groups -OCH3 is 1. The number of hydrogen-bond donors (Lipinski definition) is 1. The molecule has 0 bridgehead atoms. The summed E-state index contributed by atoms with van der Waals surface area (Å²) >= 11 is 9.29. The predicted octanol–water partition coefficient (Wildman–Crippen LogP) is 4.76. The van der Waals surface area contributed by atoms with E-state index in [1.165, 1.54) is 37.6 Å². The normalized spacial score (nSPS) is 11.7. The van der Waals surface area contributed by atoms with Gasteiger partial charge in [-0.15, -0.1) is 0 Å². The maximum Gasteiger partial charge on any atom is 0.255 e. The predicted molar refractivity (Wildman–Crippen MR) is 137 cm³/mol. The molecule has 0 aliphatic rings. The molecule has 0 aliphatic heterocycles. The van der Waals surface area contributed by atoms with Crippen molar-refractivity contribution in [2.45, 2.75) is 18.4 Å². The molecule has 10 heteroatoms. The average Bonchev–Trinajstić information content (AvgIpc) is 2.80. The van der Waals surface area contributed by atoms with Crippen molar-refractivity contribution in [1.29, 1.82) is 0 Å². The number of carbonyl (C=O) groups excluding carboxylic acids is 1. The highest BCUT2D eigenvalue weighted by molar-refractivity contribution is 9.10. The van der Waals surface area contributed by atoms with Crippen molar-refractivity contribution < 1.29 is 17.9 Å². The van der Waals surface area contributed by atoms with Gasteiger partial charge in [0.2, 0.25) is 10.0 Å². The second-order valence-corrected chi connectivity index (χ2v) is 10.6. The van der Waals surface area contributed by atoms with Crippen molar-refractivity contribution >= 4 is 49.7 Å². The molecule has 3 aromatic rings. The van der Waals surface area contributed by atoms with Crippen molar-refractivity contribution in [3.63, 3.8) is 0 Å². The van der Waals surface area contributed by atoms with Gasteiger partial charge in [0.25, 0.3) is 5.91 Å². The SMILES string of the molecule is COc1ccc(Br)cc1/C=N\NC(=O)CN(Cc1ccccc1C)S(=O)(=O)c1ccc(Cl)cc1. The van der Waals surface area contributed by atoms with E-state index in [-0.39, 0.29) is 11.4 Å². The largest absolute Gasteiger partial charge is 0.496 e. The molecule has 0 unspecified atom stereocenters. The van der Waals surface area contributed by atoms with Crippen molar-refractivity contribution in [1.82, 2.24) is 9.73 Å². The number of hydrazone groups is 1. The molecule has 0 aliphatic carbocycles. The van der Waals surface area contributed by atoms with Gasteiger partial charge in [0.15, 0.2) is 0 Å². The monoisotopic (exact) mass is 563 g/mol. The summed E-state index contributed by atoms with van der Waals surface area (Å²) in [6.07, 6.45) is 1.43. The maximum atomic E-state index is 13.4. The highest BCUT2D eigenvalue weighted by Crippen LogP contribution is 2.22. The zero-order valence-electron chi connectivity index (χ0n) is 18.5. The minimum absolute atomic E-state index is 0.0220. The summed E-state index contributed by atoms with van der Waals surface area (Å²) in [7, 11) is -2.45. The van der Waals surface area contributed by atoms with Crippen LogP contribution in [-0.2, 0) is 21.4 Å². The molecule has 3 aromatic carbocycles. The smallest absolute Gasteiger partial charge is 0.255 e. The van der Waals surface area contributed by atoms with E-state index in [1.807, 2.05) is 37.3 Å². The Bertz CT molecular complexity index is 1300. The number of carbonyl (C=O) groups is 1. The fourth-order valence-corrected chi connectivity index (χ4v) is 5.01. The maximum absolute atomic E-state index is 13.4. The Morgan fingerprint density at radius 2 is 1.85 bits per heavy atom. The average molecular weight is 565 g/mol. The summed E-state index contributed by atoms with van der Waals surface area (Å²) in [5, 5.41) is 4.39. The lowest BCUT2D eigenvalue weighted by atomic mass is 10.1. The summed E-state index contributed by atoms with van der Waals surface area (Å²) in [5.74, 6) is -0.0102. The molecule has 1 N–H and O–H groups in total. The first-order valence-corrected chi connectivity index (χ1v) is 12.8. The van der Waals surface area contributed by atoms with Crippen molar-refractivity contribution in [3.8, 4) is 5.75 Å². The molecular weight excluding hydrogens is 542 g/mol. The molecule has 0 heterocycles. The van der Waals surface area contributed by atoms with Crippen LogP contribution in [0.25, 0.3) is 0 Å². The van der Waals surface area contributed by atoms with Crippen LogP contribution < -0.4 is 10.2 Å². The van der Waals surface area contributed by atoms with E-state index >= 15 is 0 Å². The number of aryl methyl sites for hydroxylation is 1. The quantitative estimate of drug-likeness (QED) is 0.300. The van der Waals surface area contributed by atoms with Crippen LogP contribution >= 0.6 is 27.5 Å². The van der Waals surface area contributed by atoms with Crippen LogP contribution in [0, 0.1) is 6.92 Å². The van der Waals surface area contributed by atoms with E-state index in [0.29, 0.717) is 16.3 Å². The number of sulfonamides is 1. The number of hydrogen-bond acceptors (Lipinski definition) is 5. The standard InChI is InChI=1S/C24H23BrClN3O4S/c1-17-5-3-4-6-18(17)15-29(34(31,32)22-10-8-21(26)9-11-22)16-24(30)28-27-14-19-13-20(25)7-12-23(19)33-2/h3-14H,15-16H2,1-2H3,(H,28,30)/b27-14-. The molecule has 0 atom stereocenters. The number of halogens is 2. The molecule has 178 valence electrons. The summed E-state index contributed by atoms with van der Waals surface area (Å²) in [4.78, 5) is 12.7. The third kappa shape index (κ3) is 6.66. The Labute approximate surface area is 212 Å².